The summed E-state index contributed by atoms with van der Waals surface area (Å²) in [4.78, 5) is 22.0. The summed E-state index contributed by atoms with van der Waals surface area (Å²) >= 11 is 0. The van der Waals surface area contributed by atoms with Crippen LogP contribution in [0.3, 0.4) is 0 Å². The molecule has 0 heterocycles. The number of hydrogen-bond acceptors (Lipinski definition) is 4. The third kappa shape index (κ3) is 7.70. The Labute approximate surface area is 102 Å². The van der Waals surface area contributed by atoms with Crippen molar-refractivity contribution in [1.29, 1.82) is 0 Å². The molecular weight excluding hydrogens is 224 g/mol. The molecule has 100 valence electrons. The maximum absolute atomic E-state index is 11.5. The van der Waals surface area contributed by atoms with Gasteiger partial charge in [0, 0.05) is 13.7 Å². The van der Waals surface area contributed by atoms with Crippen LogP contribution in [-0.4, -0.2) is 42.8 Å². The van der Waals surface area contributed by atoms with Gasteiger partial charge in [-0.15, -0.1) is 0 Å². The number of rotatable bonds is 9. The Morgan fingerprint density at radius 1 is 1.47 bits per heavy atom. The molecule has 6 heteroatoms. The molecule has 0 spiro atoms. The highest BCUT2D eigenvalue weighted by molar-refractivity contribution is 5.81. The lowest BCUT2D eigenvalue weighted by atomic mass is 10.1. The number of carbonyl (C=O) groups is 2. The van der Waals surface area contributed by atoms with E-state index < -0.39 is 18.1 Å². The second-order valence-corrected chi connectivity index (χ2v) is 3.95. The number of methoxy groups -OCH3 is 1. The summed E-state index contributed by atoms with van der Waals surface area (Å²) < 4.78 is 4.94. The van der Waals surface area contributed by atoms with Gasteiger partial charge in [-0.05, 0) is 6.42 Å². The number of aliphatic carboxylic acids is 1. The van der Waals surface area contributed by atoms with Gasteiger partial charge in [0.05, 0.1) is 18.6 Å². The Bertz CT molecular complexity index is 246. The minimum absolute atomic E-state index is 0.138. The number of hydrogen-bond donors (Lipinski definition) is 3. The number of carbonyl (C=O) groups excluding carboxylic acids is 1. The van der Waals surface area contributed by atoms with Gasteiger partial charge >= 0.3 is 5.97 Å². The molecule has 0 radical (unpaired) electrons. The van der Waals surface area contributed by atoms with Gasteiger partial charge in [-0.1, -0.05) is 19.8 Å². The van der Waals surface area contributed by atoms with Gasteiger partial charge in [0.2, 0.25) is 5.91 Å². The summed E-state index contributed by atoms with van der Waals surface area (Å²) in [5.74, 6) is -1.22. The number of unbranched alkanes of at least 4 members (excludes halogenated alkanes) is 1. The Balaban J connectivity index is 3.90. The van der Waals surface area contributed by atoms with Crippen molar-refractivity contribution in [3.63, 3.8) is 0 Å². The van der Waals surface area contributed by atoms with Crippen molar-refractivity contribution in [1.82, 2.24) is 5.32 Å². The van der Waals surface area contributed by atoms with Crippen molar-refractivity contribution in [2.24, 2.45) is 5.73 Å². The largest absolute Gasteiger partial charge is 0.481 e. The zero-order chi connectivity index (χ0) is 13.3. The van der Waals surface area contributed by atoms with Crippen molar-refractivity contribution in [3.8, 4) is 0 Å². The highest BCUT2D eigenvalue weighted by Crippen LogP contribution is 1.99. The van der Waals surface area contributed by atoms with Crippen molar-refractivity contribution in [2.45, 2.75) is 44.8 Å². The summed E-state index contributed by atoms with van der Waals surface area (Å²) in [7, 11) is 1.41. The molecule has 0 aliphatic heterocycles. The van der Waals surface area contributed by atoms with Gasteiger partial charge in [-0.2, -0.15) is 0 Å². The molecule has 1 amide bonds. The molecule has 0 fully saturated rings. The Hall–Kier alpha value is -1.14. The van der Waals surface area contributed by atoms with Crippen LogP contribution in [0.2, 0.25) is 0 Å². The van der Waals surface area contributed by atoms with E-state index in [1.165, 1.54) is 7.11 Å². The molecule has 4 N–H and O–H groups in total. The molecule has 0 bridgehead atoms. The second-order valence-electron chi connectivity index (χ2n) is 3.95. The summed E-state index contributed by atoms with van der Waals surface area (Å²) in [6, 6.07) is -0.530. The molecule has 17 heavy (non-hydrogen) atoms. The molecule has 1 unspecified atom stereocenters. The molecule has 0 aromatic rings. The minimum Gasteiger partial charge on any atom is -0.481 e. The quantitative estimate of drug-likeness (QED) is 0.536. The molecule has 0 saturated carbocycles. The van der Waals surface area contributed by atoms with Crippen LogP contribution in [0.25, 0.3) is 0 Å². The van der Waals surface area contributed by atoms with E-state index in [9.17, 15) is 9.59 Å². The van der Waals surface area contributed by atoms with Crippen LogP contribution < -0.4 is 11.1 Å². The number of nitrogens with two attached hydrogens (primary N) is 1. The highest BCUT2D eigenvalue weighted by Gasteiger charge is 2.16. The SMILES string of the molecule is CCCC[C@H](N)C(=O)NCC(CC(=O)O)OC. The second kappa shape index (κ2) is 8.95. The van der Waals surface area contributed by atoms with E-state index in [0.717, 1.165) is 12.8 Å². The lowest BCUT2D eigenvalue weighted by molar-refractivity contribution is -0.140. The summed E-state index contributed by atoms with van der Waals surface area (Å²) in [6.45, 7) is 2.19. The van der Waals surface area contributed by atoms with Crippen LogP contribution in [0, 0.1) is 0 Å². The number of nitrogens with one attached hydrogen (secondary N) is 1. The number of ether oxygens (including phenoxy) is 1. The van der Waals surface area contributed by atoms with Gasteiger partial charge in [0.25, 0.3) is 0 Å². The monoisotopic (exact) mass is 246 g/mol. The fraction of sp³-hybridized carbons (Fsp3) is 0.818. The van der Waals surface area contributed by atoms with Crippen LogP contribution in [-0.2, 0) is 14.3 Å². The first kappa shape index (κ1) is 15.9. The van der Waals surface area contributed by atoms with Crippen molar-refractivity contribution in [3.05, 3.63) is 0 Å². The van der Waals surface area contributed by atoms with Crippen molar-refractivity contribution < 1.29 is 19.4 Å². The molecule has 0 aliphatic carbocycles. The van der Waals surface area contributed by atoms with Gasteiger partial charge in [-0.25, -0.2) is 0 Å². The lowest BCUT2D eigenvalue weighted by Gasteiger charge is -2.16. The third-order valence-corrected chi connectivity index (χ3v) is 2.45. The van der Waals surface area contributed by atoms with Crippen molar-refractivity contribution in [2.75, 3.05) is 13.7 Å². The van der Waals surface area contributed by atoms with Crippen LogP contribution in [0.5, 0.6) is 0 Å². The van der Waals surface area contributed by atoms with E-state index >= 15 is 0 Å². The molecule has 2 atom stereocenters. The fourth-order valence-corrected chi connectivity index (χ4v) is 1.33. The Kier molecular flexibility index (Phi) is 8.35. The first-order chi connectivity index (χ1) is 8.01. The molecule has 0 aromatic carbocycles. The van der Waals surface area contributed by atoms with E-state index in [0.29, 0.717) is 6.42 Å². The summed E-state index contributed by atoms with van der Waals surface area (Å²) in [6.07, 6.45) is 1.87. The Morgan fingerprint density at radius 3 is 2.59 bits per heavy atom. The van der Waals surface area contributed by atoms with E-state index in [1.54, 1.807) is 0 Å². The number of carboxylic acids is 1. The highest BCUT2D eigenvalue weighted by atomic mass is 16.5. The van der Waals surface area contributed by atoms with Gasteiger partial charge in [0.1, 0.15) is 0 Å². The zero-order valence-electron chi connectivity index (χ0n) is 10.4. The van der Waals surface area contributed by atoms with E-state index in [4.69, 9.17) is 15.6 Å². The van der Waals surface area contributed by atoms with Gasteiger partial charge in [0.15, 0.2) is 0 Å². The normalized spacial score (nSPS) is 14.1. The predicted octanol–water partition coefficient (Wildman–Crippen LogP) is 0.110. The van der Waals surface area contributed by atoms with E-state index in [-0.39, 0.29) is 18.9 Å². The topological polar surface area (TPSA) is 102 Å². The van der Waals surface area contributed by atoms with Crippen LogP contribution in [0.1, 0.15) is 32.6 Å². The molecule has 6 nitrogen and oxygen atoms in total. The third-order valence-electron chi connectivity index (χ3n) is 2.45. The van der Waals surface area contributed by atoms with Crippen LogP contribution in [0.4, 0.5) is 0 Å². The Morgan fingerprint density at radius 2 is 2.12 bits per heavy atom. The first-order valence-corrected chi connectivity index (χ1v) is 5.79. The summed E-state index contributed by atoms with van der Waals surface area (Å²) in [5.41, 5.74) is 5.66. The number of carboxylic acid groups (broad SMARTS) is 1. The maximum atomic E-state index is 11.5. The van der Waals surface area contributed by atoms with Crippen molar-refractivity contribution >= 4 is 11.9 Å². The van der Waals surface area contributed by atoms with Crippen LogP contribution >= 0.6 is 0 Å². The zero-order valence-corrected chi connectivity index (χ0v) is 10.4. The smallest absolute Gasteiger partial charge is 0.306 e. The number of amides is 1. The van der Waals surface area contributed by atoms with E-state index in [2.05, 4.69) is 5.32 Å². The molecular formula is C11H22N2O4. The molecule has 0 aliphatic rings. The minimum atomic E-state index is -0.957. The molecule has 0 rings (SSSR count). The fourth-order valence-electron chi connectivity index (χ4n) is 1.33. The van der Waals surface area contributed by atoms with Crippen LogP contribution in [0.15, 0.2) is 0 Å². The van der Waals surface area contributed by atoms with Gasteiger partial charge in [-0.3, -0.25) is 9.59 Å². The average Bonchev–Trinajstić information content (AvgIpc) is 2.30. The standard InChI is InChI=1S/C11H22N2O4/c1-3-4-5-9(12)11(16)13-7-8(17-2)6-10(14)15/h8-9H,3-7,12H2,1-2H3,(H,13,16)(H,14,15)/t8?,9-/m0/s1. The summed E-state index contributed by atoms with van der Waals surface area (Å²) in [5, 5.41) is 11.2. The first-order valence-electron chi connectivity index (χ1n) is 5.79. The average molecular weight is 246 g/mol. The maximum Gasteiger partial charge on any atom is 0.306 e. The molecule has 0 aromatic heterocycles. The predicted molar refractivity (Wildman–Crippen MR) is 63.6 cm³/mol. The van der Waals surface area contributed by atoms with E-state index in [1.807, 2.05) is 6.92 Å². The lowest BCUT2D eigenvalue weighted by Crippen LogP contribution is -2.44. The van der Waals surface area contributed by atoms with Gasteiger partial charge < -0.3 is 20.9 Å². The molecule has 0 saturated heterocycles.